The minimum Gasteiger partial charge on any atom is -0.493 e. The van der Waals surface area contributed by atoms with E-state index in [1.807, 2.05) is 50.2 Å². The van der Waals surface area contributed by atoms with Crippen LogP contribution in [-0.4, -0.2) is 14.8 Å². The third-order valence-electron chi connectivity index (χ3n) is 5.18. The molecule has 0 bridgehead atoms. The van der Waals surface area contributed by atoms with Gasteiger partial charge in [-0.3, -0.25) is 0 Å². The average molecular weight is 511 g/mol. The number of thiocarbonyl (C=S) groups is 1. The number of aromatic hydroxyl groups is 1. The molecule has 32 heavy (non-hydrogen) atoms. The second-order valence-corrected chi connectivity index (χ2v) is 8.75. The molecule has 5 nitrogen and oxygen atoms in total. The molecule has 1 aromatic heterocycles. The molecule has 4 rings (SSSR count). The second kappa shape index (κ2) is 9.18. The number of para-hydroxylation sites is 1. The molecule has 162 valence electrons. The molecule has 8 heteroatoms. The lowest BCUT2D eigenvalue weighted by atomic mass is 10.1. The molecule has 0 saturated heterocycles. The lowest BCUT2D eigenvalue weighted by molar-refractivity contribution is 0.429. The van der Waals surface area contributed by atoms with Gasteiger partial charge in [0.25, 0.3) is 0 Å². The number of nitrogens with one attached hydrogen (secondary N) is 1. The maximum Gasteiger partial charge on any atom is 0.221 e. The Labute approximate surface area is 198 Å². The van der Waals surface area contributed by atoms with Crippen molar-refractivity contribution in [2.24, 2.45) is 10.2 Å². The van der Waals surface area contributed by atoms with E-state index in [0.717, 1.165) is 37.8 Å². The van der Waals surface area contributed by atoms with Crippen LogP contribution in [0, 0.1) is 19.7 Å². The molecule has 0 spiro atoms. The van der Waals surface area contributed by atoms with E-state index in [9.17, 15) is 9.50 Å². The number of hydrogen-bond donors (Lipinski definition) is 2. The predicted molar refractivity (Wildman–Crippen MR) is 133 cm³/mol. The first kappa shape index (κ1) is 22.1. The number of benzene rings is 3. The highest BCUT2D eigenvalue weighted by molar-refractivity contribution is 9.10. The Morgan fingerprint density at radius 1 is 1.09 bits per heavy atom. The molecule has 0 amide bonds. The van der Waals surface area contributed by atoms with Gasteiger partial charge in [-0.2, -0.15) is 0 Å². The Hall–Kier alpha value is -3.10. The lowest BCUT2D eigenvalue weighted by Crippen LogP contribution is -2.07. The van der Waals surface area contributed by atoms with Crippen molar-refractivity contribution in [2.75, 3.05) is 5.32 Å². The van der Waals surface area contributed by atoms with Crippen LogP contribution in [0.1, 0.15) is 16.7 Å². The number of azo groups is 1. The van der Waals surface area contributed by atoms with Gasteiger partial charge in [-0.05, 0) is 73.1 Å². The van der Waals surface area contributed by atoms with Crippen molar-refractivity contribution in [3.8, 4) is 5.88 Å². The minimum absolute atomic E-state index is 0.0407. The van der Waals surface area contributed by atoms with E-state index in [-0.39, 0.29) is 16.8 Å². The van der Waals surface area contributed by atoms with Gasteiger partial charge in [0.2, 0.25) is 11.0 Å². The van der Waals surface area contributed by atoms with E-state index in [1.165, 1.54) is 12.1 Å². The number of aryl methyl sites for hydroxylation is 2. The Morgan fingerprint density at radius 2 is 1.78 bits per heavy atom. The maximum absolute atomic E-state index is 13.3. The fraction of sp³-hybridized carbons (Fsp3) is 0.125. The van der Waals surface area contributed by atoms with Gasteiger partial charge in [-0.25, -0.2) is 4.39 Å². The van der Waals surface area contributed by atoms with Crippen LogP contribution < -0.4 is 5.32 Å². The summed E-state index contributed by atoms with van der Waals surface area (Å²) in [6.07, 6.45) is 0. The molecule has 1 heterocycles. The zero-order valence-electron chi connectivity index (χ0n) is 17.4. The van der Waals surface area contributed by atoms with Crippen molar-refractivity contribution >= 4 is 55.5 Å². The van der Waals surface area contributed by atoms with Crippen molar-refractivity contribution < 1.29 is 9.50 Å². The molecule has 0 saturated carbocycles. The Morgan fingerprint density at radius 3 is 2.47 bits per heavy atom. The summed E-state index contributed by atoms with van der Waals surface area (Å²) in [4.78, 5) is 0. The Kier molecular flexibility index (Phi) is 6.34. The van der Waals surface area contributed by atoms with Crippen LogP contribution in [0.4, 0.5) is 15.8 Å². The number of fused-ring (bicyclic) bond motifs is 1. The number of anilines is 1. The van der Waals surface area contributed by atoms with Crippen molar-refractivity contribution in [1.29, 1.82) is 0 Å². The number of halogens is 2. The number of nitrogens with zero attached hydrogens (tertiary/aromatic N) is 3. The van der Waals surface area contributed by atoms with E-state index >= 15 is 0 Å². The van der Waals surface area contributed by atoms with Gasteiger partial charge < -0.3 is 15.0 Å². The summed E-state index contributed by atoms with van der Waals surface area (Å²) in [5, 5.41) is 23.4. The normalized spacial score (nSPS) is 11.4. The van der Waals surface area contributed by atoms with Crippen LogP contribution in [0.5, 0.6) is 5.88 Å². The fourth-order valence-corrected chi connectivity index (χ4v) is 4.07. The van der Waals surface area contributed by atoms with Gasteiger partial charge >= 0.3 is 0 Å². The van der Waals surface area contributed by atoms with Crippen molar-refractivity contribution in [3.05, 3.63) is 87.6 Å². The van der Waals surface area contributed by atoms with Gasteiger partial charge in [-0.1, -0.05) is 46.3 Å². The average Bonchev–Trinajstić information content (AvgIpc) is 3.01. The topological polar surface area (TPSA) is 61.9 Å². The first-order valence-corrected chi connectivity index (χ1v) is 11.1. The number of rotatable bonds is 4. The highest BCUT2D eigenvalue weighted by atomic mass is 79.9. The summed E-state index contributed by atoms with van der Waals surface area (Å²) >= 11 is 8.84. The van der Waals surface area contributed by atoms with Gasteiger partial charge in [0, 0.05) is 15.5 Å². The van der Waals surface area contributed by atoms with Crippen molar-refractivity contribution in [3.63, 3.8) is 0 Å². The molecule has 4 aromatic rings. The molecule has 0 fully saturated rings. The summed E-state index contributed by atoms with van der Waals surface area (Å²) in [6, 6.07) is 17.8. The van der Waals surface area contributed by atoms with Crippen LogP contribution in [0.2, 0.25) is 0 Å². The Balaban J connectivity index is 1.69. The van der Waals surface area contributed by atoms with Crippen LogP contribution >= 0.6 is 28.1 Å². The zero-order valence-corrected chi connectivity index (χ0v) is 19.8. The fourth-order valence-electron chi connectivity index (χ4n) is 3.57. The van der Waals surface area contributed by atoms with Gasteiger partial charge in [-0.15, -0.1) is 10.2 Å². The van der Waals surface area contributed by atoms with Crippen LogP contribution in [-0.2, 0) is 6.54 Å². The van der Waals surface area contributed by atoms with Crippen LogP contribution in [0.15, 0.2) is 75.4 Å². The lowest BCUT2D eigenvalue weighted by Gasteiger charge is -2.10. The largest absolute Gasteiger partial charge is 0.493 e. The third-order valence-corrected chi connectivity index (χ3v) is 5.86. The van der Waals surface area contributed by atoms with Crippen molar-refractivity contribution in [2.45, 2.75) is 20.4 Å². The van der Waals surface area contributed by atoms with Gasteiger partial charge in [0.05, 0.1) is 12.1 Å². The minimum atomic E-state index is -0.307. The summed E-state index contributed by atoms with van der Waals surface area (Å²) in [7, 11) is 0. The monoisotopic (exact) mass is 510 g/mol. The molecule has 2 N–H and O–H groups in total. The maximum atomic E-state index is 13.3. The van der Waals surface area contributed by atoms with E-state index in [0.29, 0.717) is 12.2 Å². The van der Waals surface area contributed by atoms with Crippen molar-refractivity contribution in [1.82, 2.24) is 4.57 Å². The molecular weight excluding hydrogens is 491 g/mol. The molecule has 0 aliphatic rings. The quantitative estimate of drug-likeness (QED) is 0.222. The molecule has 0 radical (unpaired) electrons. The number of hydrogen-bond acceptors (Lipinski definition) is 3. The highest BCUT2D eigenvalue weighted by Gasteiger charge is 2.18. The van der Waals surface area contributed by atoms with E-state index in [2.05, 4.69) is 31.5 Å². The first-order chi connectivity index (χ1) is 15.3. The standard InChI is InChI=1S/C24H20BrFN4OS/c1-14-4-3-5-15(2)21(14)27-24(32)29-28-22-19-12-17(25)8-11-20(19)30(23(22)31)13-16-6-9-18(26)10-7-16/h3-12,31H,13H2,1-2H3,(H,27,32). The molecule has 0 aliphatic carbocycles. The second-order valence-electron chi connectivity index (χ2n) is 7.44. The highest BCUT2D eigenvalue weighted by Crippen LogP contribution is 2.40. The van der Waals surface area contributed by atoms with E-state index in [4.69, 9.17) is 12.2 Å². The zero-order chi connectivity index (χ0) is 22.8. The Bertz CT molecular complexity index is 1330. The van der Waals surface area contributed by atoms with E-state index in [1.54, 1.807) is 16.7 Å². The summed E-state index contributed by atoms with van der Waals surface area (Å²) in [5.41, 5.74) is 4.92. The molecule has 0 unspecified atom stereocenters. The summed E-state index contributed by atoms with van der Waals surface area (Å²) < 4.78 is 15.8. The van der Waals surface area contributed by atoms with E-state index < -0.39 is 0 Å². The van der Waals surface area contributed by atoms with Crippen LogP contribution in [0.3, 0.4) is 0 Å². The third kappa shape index (κ3) is 4.56. The molecule has 3 aromatic carbocycles. The van der Waals surface area contributed by atoms with Gasteiger partial charge in [0.1, 0.15) is 5.82 Å². The number of aromatic nitrogens is 1. The molecular formula is C24H20BrFN4OS. The van der Waals surface area contributed by atoms with Crippen LogP contribution in [0.25, 0.3) is 10.9 Å². The predicted octanol–water partition coefficient (Wildman–Crippen LogP) is 7.39. The first-order valence-electron chi connectivity index (χ1n) is 9.87. The smallest absolute Gasteiger partial charge is 0.221 e. The SMILES string of the molecule is Cc1cccc(C)c1NC(=S)N=Nc1c(O)n(Cc2ccc(F)cc2)c2ccc(Br)cc12. The molecule has 0 aliphatic heterocycles. The molecule has 0 atom stereocenters. The van der Waals surface area contributed by atoms with Gasteiger partial charge in [0.15, 0.2) is 5.69 Å². The summed E-state index contributed by atoms with van der Waals surface area (Å²) in [6.45, 7) is 4.33. The summed E-state index contributed by atoms with van der Waals surface area (Å²) in [5.74, 6) is -0.347.